The quantitative estimate of drug-likeness (QED) is 0.239. The Hall–Kier alpha value is -4.16. The van der Waals surface area contributed by atoms with E-state index in [9.17, 15) is 23.3 Å². The third-order valence-corrected chi connectivity index (χ3v) is 9.23. The molecule has 12 heteroatoms. The van der Waals surface area contributed by atoms with Crippen LogP contribution >= 0.6 is 0 Å². The number of carbonyl (C=O) groups is 1. The molecular formula is C29H33N3O8S. The predicted molar refractivity (Wildman–Crippen MR) is 152 cm³/mol. The molecule has 1 aliphatic rings. The Morgan fingerprint density at radius 2 is 1.61 bits per heavy atom. The Labute approximate surface area is 239 Å². The Morgan fingerprint density at radius 1 is 1.00 bits per heavy atom. The summed E-state index contributed by atoms with van der Waals surface area (Å²) in [6, 6.07) is 14.9. The van der Waals surface area contributed by atoms with Gasteiger partial charge in [-0.15, -0.1) is 0 Å². The monoisotopic (exact) mass is 583 g/mol. The van der Waals surface area contributed by atoms with Gasteiger partial charge in [0.2, 0.25) is 10.0 Å². The lowest BCUT2D eigenvalue weighted by Gasteiger charge is -2.37. The fraction of sp³-hybridized carbons (Fsp3) is 0.345. The number of ether oxygens (including phenoxy) is 3. The molecule has 0 unspecified atom stereocenters. The first-order valence-corrected chi connectivity index (χ1v) is 14.6. The molecule has 0 fully saturated rings. The van der Waals surface area contributed by atoms with Gasteiger partial charge in [-0.05, 0) is 66.1 Å². The van der Waals surface area contributed by atoms with Crippen LogP contribution in [0.5, 0.6) is 17.2 Å². The lowest BCUT2D eigenvalue weighted by molar-refractivity contribution is -0.384. The van der Waals surface area contributed by atoms with Crippen molar-refractivity contribution >= 4 is 21.6 Å². The van der Waals surface area contributed by atoms with E-state index in [0.29, 0.717) is 48.9 Å². The van der Waals surface area contributed by atoms with Crippen molar-refractivity contribution < 1.29 is 32.3 Å². The molecule has 1 atom stereocenters. The molecule has 1 aliphatic heterocycles. The van der Waals surface area contributed by atoms with Crippen molar-refractivity contribution in [2.45, 2.75) is 31.2 Å². The second-order valence-electron chi connectivity index (χ2n) is 9.35. The normalized spacial score (nSPS) is 14.9. The number of hydrogen-bond acceptors (Lipinski definition) is 8. The molecule has 41 heavy (non-hydrogen) atoms. The molecule has 0 saturated heterocycles. The van der Waals surface area contributed by atoms with Gasteiger partial charge in [-0.1, -0.05) is 13.8 Å². The number of sulfonamides is 1. The van der Waals surface area contributed by atoms with Gasteiger partial charge >= 0.3 is 0 Å². The molecule has 0 spiro atoms. The van der Waals surface area contributed by atoms with E-state index in [1.165, 1.54) is 59.9 Å². The minimum absolute atomic E-state index is 0.0551. The number of nitro benzene ring substituents is 1. The molecule has 0 aliphatic carbocycles. The average Bonchev–Trinajstić information content (AvgIpc) is 2.99. The van der Waals surface area contributed by atoms with Gasteiger partial charge in [-0.3, -0.25) is 14.9 Å². The lowest BCUT2D eigenvalue weighted by Crippen LogP contribution is -2.42. The summed E-state index contributed by atoms with van der Waals surface area (Å²) in [4.78, 5) is 26.2. The number of fused-ring (bicyclic) bond motifs is 1. The molecule has 218 valence electrons. The average molecular weight is 584 g/mol. The maximum atomic E-state index is 13.8. The van der Waals surface area contributed by atoms with E-state index in [1.807, 2.05) is 12.1 Å². The second-order valence-corrected chi connectivity index (χ2v) is 11.3. The van der Waals surface area contributed by atoms with Crippen LogP contribution in [0.1, 0.15) is 41.4 Å². The Balaban J connectivity index is 1.66. The third kappa shape index (κ3) is 6.13. The molecule has 1 amide bonds. The van der Waals surface area contributed by atoms with E-state index in [2.05, 4.69) is 0 Å². The van der Waals surface area contributed by atoms with Crippen LogP contribution in [-0.2, 0) is 16.4 Å². The van der Waals surface area contributed by atoms with E-state index >= 15 is 0 Å². The van der Waals surface area contributed by atoms with Crippen LogP contribution < -0.4 is 14.2 Å². The highest BCUT2D eigenvalue weighted by Gasteiger charge is 2.34. The first kappa shape index (κ1) is 29.8. The molecular weight excluding hydrogens is 550 g/mol. The van der Waals surface area contributed by atoms with Crippen LogP contribution in [0.2, 0.25) is 0 Å². The molecule has 0 saturated carbocycles. The maximum Gasteiger partial charge on any atom is 0.269 e. The van der Waals surface area contributed by atoms with Gasteiger partial charge in [-0.25, -0.2) is 8.42 Å². The Bertz CT molecular complexity index is 1500. The molecule has 0 radical (unpaired) electrons. The zero-order valence-electron chi connectivity index (χ0n) is 23.4. The molecule has 0 N–H and O–H groups in total. The third-order valence-electron chi connectivity index (χ3n) is 7.16. The first-order chi connectivity index (χ1) is 19.6. The zero-order valence-corrected chi connectivity index (χ0v) is 24.2. The molecule has 4 rings (SSSR count). The van der Waals surface area contributed by atoms with Crippen LogP contribution in [0.25, 0.3) is 0 Å². The lowest BCUT2D eigenvalue weighted by atomic mass is 9.91. The second kappa shape index (κ2) is 12.6. The van der Waals surface area contributed by atoms with Crippen molar-refractivity contribution in [1.29, 1.82) is 0 Å². The minimum Gasteiger partial charge on any atom is -0.493 e. The summed E-state index contributed by atoms with van der Waals surface area (Å²) in [5.41, 5.74) is 2.09. The fourth-order valence-corrected chi connectivity index (χ4v) is 6.40. The van der Waals surface area contributed by atoms with Gasteiger partial charge in [-0.2, -0.15) is 4.31 Å². The summed E-state index contributed by atoms with van der Waals surface area (Å²) in [6.45, 7) is 4.69. The molecule has 3 aromatic rings. The van der Waals surface area contributed by atoms with Crippen molar-refractivity contribution in [3.63, 3.8) is 0 Å². The number of methoxy groups -OCH3 is 2. The van der Waals surface area contributed by atoms with Crippen LogP contribution in [0.15, 0.2) is 65.6 Å². The smallest absolute Gasteiger partial charge is 0.269 e. The number of amides is 1. The molecule has 3 aromatic carbocycles. The minimum atomic E-state index is -3.66. The number of nitro groups is 1. The molecule has 0 bridgehead atoms. The maximum absolute atomic E-state index is 13.8. The molecule has 0 aromatic heterocycles. The van der Waals surface area contributed by atoms with Gasteiger partial charge in [0.1, 0.15) is 12.4 Å². The first-order valence-electron chi connectivity index (χ1n) is 13.2. The highest BCUT2D eigenvalue weighted by Crippen LogP contribution is 2.39. The fourth-order valence-electron chi connectivity index (χ4n) is 4.94. The SMILES string of the molecule is CCN(CC)S(=O)(=O)c1ccc(C(=O)N2CCc3cc(OC)c(OC)cc3[C@H]2COc2ccc([N+](=O)[O-])cc2)cc1. The van der Waals surface area contributed by atoms with Crippen molar-refractivity contribution in [3.05, 3.63) is 87.5 Å². The van der Waals surface area contributed by atoms with Gasteiger partial charge in [0.25, 0.3) is 11.6 Å². The topological polar surface area (TPSA) is 129 Å². The number of non-ortho nitro benzene ring substituents is 1. The van der Waals surface area contributed by atoms with E-state index in [4.69, 9.17) is 14.2 Å². The Kier molecular flexibility index (Phi) is 9.14. The number of carbonyl (C=O) groups excluding carboxylic acids is 1. The van der Waals surface area contributed by atoms with Gasteiger partial charge in [0, 0.05) is 37.3 Å². The zero-order chi connectivity index (χ0) is 29.7. The molecule has 11 nitrogen and oxygen atoms in total. The summed E-state index contributed by atoms with van der Waals surface area (Å²) in [5.74, 6) is 1.22. The summed E-state index contributed by atoms with van der Waals surface area (Å²) in [5, 5.41) is 11.0. The predicted octanol–water partition coefficient (Wildman–Crippen LogP) is 4.46. The van der Waals surface area contributed by atoms with Crippen LogP contribution in [0.3, 0.4) is 0 Å². The van der Waals surface area contributed by atoms with E-state index in [1.54, 1.807) is 25.9 Å². The molecule has 1 heterocycles. The van der Waals surface area contributed by atoms with E-state index in [-0.39, 0.29) is 23.1 Å². The highest BCUT2D eigenvalue weighted by molar-refractivity contribution is 7.89. The van der Waals surface area contributed by atoms with Crippen LogP contribution in [0.4, 0.5) is 5.69 Å². The van der Waals surface area contributed by atoms with Crippen molar-refractivity contribution in [3.8, 4) is 17.2 Å². The number of nitrogens with zero attached hydrogens (tertiary/aromatic N) is 3. The summed E-state index contributed by atoms with van der Waals surface area (Å²) in [7, 11) is -0.569. The highest BCUT2D eigenvalue weighted by atomic mass is 32.2. The van der Waals surface area contributed by atoms with E-state index in [0.717, 1.165) is 11.1 Å². The summed E-state index contributed by atoms with van der Waals surface area (Å²) in [6.07, 6.45) is 0.559. The van der Waals surface area contributed by atoms with Gasteiger partial charge in [0.05, 0.1) is 30.1 Å². The Morgan fingerprint density at radius 3 is 2.17 bits per heavy atom. The van der Waals surface area contributed by atoms with Crippen molar-refractivity contribution in [2.24, 2.45) is 0 Å². The van der Waals surface area contributed by atoms with Crippen LogP contribution in [-0.4, -0.2) is 68.9 Å². The van der Waals surface area contributed by atoms with Crippen LogP contribution in [0, 0.1) is 10.1 Å². The van der Waals surface area contributed by atoms with Crippen molar-refractivity contribution in [1.82, 2.24) is 9.21 Å². The van der Waals surface area contributed by atoms with Crippen molar-refractivity contribution in [2.75, 3.05) is 40.5 Å². The largest absolute Gasteiger partial charge is 0.493 e. The summed E-state index contributed by atoms with van der Waals surface area (Å²) >= 11 is 0. The number of hydrogen-bond donors (Lipinski definition) is 0. The van der Waals surface area contributed by atoms with E-state index < -0.39 is 21.0 Å². The standard InChI is InChI=1S/C29H33N3O8S/c1-5-30(6-2)41(36,37)24-13-7-20(8-14-24)29(33)31-16-15-21-17-27(38-3)28(39-4)18-25(21)26(31)19-40-23-11-9-22(10-12-23)32(34)35/h7-14,17-18,26H,5-6,15-16,19H2,1-4H3/t26-/m1/s1. The summed E-state index contributed by atoms with van der Waals surface area (Å²) < 4.78 is 44.2. The van der Waals surface area contributed by atoms with Gasteiger partial charge < -0.3 is 19.1 Å². The van der Waals surface area contributed by atoms with Gasteiger partial charge in [0.15, 0.2) is 11.5 Å². The number of rotatable bonds is 11. The number of benzene rings is 3.